The van der Waals surface area contributed by atoms with E-state index in [0.717, 1.165) is 5.25 Å². The predicted molar refractivity (Wildman–Crippen MR) is 60.8 cm³/mol. The molecule has 0 aliphatic heterocycles. The molecule has 0 radical (unpaired) electrons. The van der Waals surface area contributed by atoms with Crippen LogP contribution in [0.4, 0.5) is 0 Å². The van der Waals surface area contributed by atoms with Gasteiger partial charge in [-0.3, -0.25) is 0 Å². The third-order valence-corrected chi connectivity index (χ3v) is 4.30. The van der Waals surface area contributed by atoms with Gasteiger partial charge in [0.1, 0.15) is 12.9 Å². The fourth-order valence-corrected chi connectivity index (χ4v) is 2.99. The molecule has 15 heavy (non-hydrogen) atoms. The molecule has 2 rings (SSSR count). The first kappa shape index (κ1) is 11.0. The Morgan fingerprint density at radius 3 is 2.80 bits per heavy atom. The lowest BCUT2D eigenvalue weighted by molar-refractivity contribution is 0.251. The highest BCUT2D eigenvalue weighted by molar-refractivity contribution is 7.99. The van der Waals surface area contributed by atoms with Crippen molar-refractivity contribution in [2.75, 3.05) is 6.26 Å². The van der Waals surface area contributed by atoms with Crippen LogP contribution >= 0.6 is 11.8 Å². The fourth-order valence-electron chi connectivity index (χ4n) is 2.24. The summed E-state index contributed by atoms with van der Waals surface area (Å²) in [4.78, 5) is 0. The molecule has 1 aromatic heterocycles. The molecule has 1 aliphatic rings. The number of aliphatic hydroxyl groups excluding tert-OH is 1. The van der Waals surface area contributed by atoms with E-state index in [0.29, 0.717) is 11.9 Å². The summed E-state index contributed by atoms with van der Waals surface area (Å²) in [5.41, 5.74) is 0. The maximum absolute atomic E-state index is 9.11. The number of hydrogen-bond acceptors (Lipinski definition) is 4. The normalized spacial score (nSPS) is 26.8. The second kappa shape index (κ2) is 4.99. The molecule has 1 heterocycles. The van der Waals surface area contributed by atoms with E-state index in [-0.39, 0.29) is 6.61 Å². The molecule has 0 spiro atoms. The Labute approximate surface area is 94.1 Å². The van der Waals surface area contributed by atoms with Gasteiger partial charge in [0.2, 0.25) is 0 Å². The topological polar surface area (TPSA) is 50.9 Å². The molecule has 0 unspecified atom stereocenters. The molecule has 0 saturated heterocycles. The molecule has 1 aliphatic carbocycles. The third kappa shape index (κ3) is 2.34. The number of hydrogen-bond donors (Lipinski definition) is 1. The molecule has 1 saturated carbocycles. The molecule has 1 N–H and O–H groups in total. The molecule has 0 bridgehead atoms. The van der Waals surface area contributed by atoms with Crippen LogP contribution in [0.3, 0.4) is 0 Å². The van der Waals surface area contributed by atoms with Crippen LogP contribution in [-0.4, -0.2) is 31.4 Å². The summed E-state index contributed by atoms with van der Waals surface area (Å²) in [5.74, 6) is 0.697. The van der Waals surface area contributed by atoms with Crippen LogP contribution < -0.4 is 0 Å². The Morgan fingerprint density at radius 2 is 2.20 bits per heavy atom. The van der Waals surface area contributed by atoms with Crippen LogP contribution in [0.5, 0.6) is 0 Å². The fraction of sp³-hybridized carbons (Fsp3) is 0.800. The van der Waals surface area contributed by atoms with E-state index in [1.807, 2.05) is 16.3 Å². The zero-order chi connectivity index (χ0) is 10.7. The minimum Gasteiger partial charge on any atom is -0.388 e. The second-order valence-corrected chi connectivity index (χ2v) is 5.12. The number of rotatable bonds is 3. The summed E-state index contributed by atoms with van der Waals surface area (Å²) in [6.07, 6.45) is 8.80. The summed E-state index contributed by atoms with van der Waals surface area (Å²) in [7, 11) is 0. The van der Waals surface area contributed by atoms with Gasteiger partial charge in [0.15, 0.2) is 5.82 Å². The van der Waals surface area contributed by atoms with Gasteiger partial charge >= 0.3 is 0 Å². The van der Waals surface area contributed by atoms with Crippen LogP contribution in [0, 0.1) is 0 Å². The molecule has 0 amide bonds. The Balaban J connectivity index is 2.01. The maximum Gasteiger partial charge on any atom is 0.158 e. The zero-order valence-corrected chi connectivity index (χ0v) is 9.78. The molecular formula is C10H17N3OS. The first-order valence-corrected chi connectivity index (χ1v) is 6.66. The molecule has 4 nitrogen and oxygen atoms in total. The van der Waals surface area contributed by atoms with Crippen molar-refractivity contribution in [1.82, 2.24) is 14.8 Å². The van der Waals surface area contributed by atoms with E-state index in [2.05, 4.69) is 16.5 Å². The van der Waals surface area contributed by atoms with Crippen molar-refractivity contribution in [2.45, 2.75) is 43.6 Å². The van der Waals surface area contributed by atoms with Gasteiger partial charge in [-0.15, -0.1) is 10.2 Å². The van der Waals surface area contributed by atoms with E-state index in [9.17, 15) is 0 Å². The van der Waals surface area contributed by atoms with E-state index in [4.69, 9.17) is 5.11 Å². The summed E-state index contributed by atoms with van der Waals surface area (Å²) < 4.78 is 2.04. The van der Waals surface area contributed by atoms with Crippen LogP contribution in [0.25, 0.3) is 0 Å². The highest BCUT2D eigenvalue weighted by atomic mass is 32.2. The molecule has 1 fully saturated rings. The lowest BCUT2D eigenvalue weighted by atomic mass is 9.95. The lowest BCUT2D eigenvalue weighted by Crippen LogP contribution is -2.20. The van der Waals surface area contributed by atoms with Gasteiger partial charge in [-0.1, -0.05) is 0 Å². The largest absolute Gasteiger partial charge is 0.388 e. The number of aromatic nitrogens is 3. The smallest absolute Gasteiger partial charge is 0.158 e. The first-order valence-electron chi connectivity index (χ1n) is 5.37. The van der Waals surface area contributed by atoms with Crippen molar-refractivity contribution in [3.05, 3.63) is 12.2 Å². The molecule has 0 atom stereocenters. The Kier molecular flexibility index (Phi) is 3.64. The monoisotopic (exact) mass is 227 g/mol. The van der Waals surface area contributed by atoms with Crippen molar-refractivity contribution < 1.29 is 5.11 Å². The Morgan fingerprint density at radius 1 is 1.47 bits per heavy atom. The summed E-state index contributed by atoms with van der Waals surface area (Å²) >= 11 is 1.97. The van der Waals surface area contributed by atoms with Gasteiger partial charge in [-0.25, -0.2) is 0 Å². The van der Waals surface area contributed by atoms with Crippen LogP contribution in [0.1, 0.15) is 37.5 Å². The average molecular weight is 227 g/mol. The third-order valence-electron chi connectivity index (χ3n) is 3.16. The predicted octanol–water partition coefficient (Wildman–Crippen LogP) is 1.62. The van der Waals surface area contributed by atoms with Gasteiger partial charge in [0.05, 0.1) is 0 Å². The average Bonchev–Trinajstić information content (AvgIpc) is 2.77. The van der Waals surface area contributed by atoms with Gasteiger partial charge in [-0.2, -0.15) is 11.8 Å². The molecule has 84 valence electrons. The van der Waals surface area contributed by atoms with E-state index in [1.165, 1.54) is 25.7 Å². The Bertz CT molecular complexity index is 307. The van der Waals surface area contributed by atoms with Crippen molar-refractivity contribution in [3.63, 3.8) is 0 Å². The highest BCUT2D eigenvalue weighted by Gasteiger charge is 2.23. The van der Waals surface area contributed by atoms with E-state index in [1.54, 1.807) is 6.33 Å². The highest BCUT2D eigenvalue weighted by Crippen LogP contribution is 2.33. The van der Waals surface area contributed by atoms with E-state index < -0.39 is 0 Å². The summed E-state index contributed by atoms with van der Waals surface area (Å²) in [6.45, 7) is -0.0115. The summed E-state index contributed by atoms with van der Waals surface area (Å²) in [6, 6.07) is 0.491. The van der Waals surface area contributed by atoms with Gasteiger partial charge in [0.25, 0.3) is 0 Å². The standard InChI is InChI=1S/C10H17N3OS/c1-15-9-4-2-8(3-5-9)13-7-11-12-10(13)6-14/h7-9,14H,2-6H2,1H3. The minimum atomic E-state index is -0.0115. The van der Waals surface area contributed by atoms with Crippen molar-refractivity contribution in [3.8, 4) is 0 Å². The lowest BCUT2D eigenvalue weighted by Gasteiger charge is -2.28. The molecule has 5 heteroatoms. The van der Waals surface area contributed by atoms with Crippen LogP contribution in [0.15, 0.2) is 6.33 Å². The first-order chi connectivity index (χ1) is 7.35. The molecule has 1 aromatic rings. The van der Waals surface area contributed by atoms with Crippen LogP contribution in [0.2, 0.25) is 0 Å². The van der Waals surface area contributed by atoms with Crippen molar-refractivity contribution >= 4 is 11.8 Å². The minimum absolute atomic E-state index is 0.0115. The van der Waals surface area contributed by atoms with Gasteiger partial charge in [-0.05, 0) is 31.9 Å². The van der Waals surface area contributed by atoms with Crippen LogP contribution in [-0.2, 0) is 6.61 Å². The van der Waals surface area contributed by atoms with Gasteiger partial charge in [0, 0.05) is 11.3 Å². The van der Waals surface area contributed by atoms with Crippen molar-refractivity contribution in [1.29, 1.82) is 0 Å². The van der Waals surface area contributed by atoms with E-state index >= 15 is 0 Å². The number of thioether (sulfide) groups is 1. The zero-order valence-electron chi connectivity index (χ0n) is 8.96. The quantitative estimate of drug-likeness (QED) is 0.852. The van der Waals surface area contributed by atoms with Crippen molar-refractivity contribution in [2.24, 2.45) is 0 Å². The maximum atomic E-state index is 9.11. The van der Waals surface area contributed by atoms with Gasteiger partial charge < -0.3 is 9.67 Å². The number of nitrogens with zero attached hydrogens (tertiary/aromatic N) is 3. The second-order valence-electron chi connectivity index (χ2n) is 3.98. The SMILES string of the molecule is CSC1CCC(n2cnnc2CO)CC1. The molecule has 0 aromatic carbocycles. The summed E-state index contributed by atoms with van der Waals surface area (Å²) in [5, 5.41) is 17.7. The Hall–Kier alpha value is -0.550. The molecular weight excluding hydrogens is 210 g/mol. The number of aliphatic hydroxyl groups is 1.